The summed E-state index contributed by atoms with van der Waals surface area (Å²) in [5, 5.41) is 11.4. The molecule has 3 aromatic rings. The summed E-state index contributed by atoms with van der Waals surface area (Å²) < 4.78 is 129. The van der Waals surface area contributed by atoms with E-state index in [1.54, 1.807) is 0 Å². The highest BCUT2D eigenvalue weighted by Gasteiger charge is 2.37. The zero-order valence-corrected chi connectivity index (χ0v) is 27.7. The summed E-state index contributed by atoms with van der Waals surface area (Å²) >= 11 is 0. The number of nitrogens with zero attached hydrogens (tertiary/aromatic N) is 4. The third-order valence-electron chi connectivity index (χ3n) is 8.21. The standard InChI is InChI=1S/C34H36F9N5O4/c35-32(36,37)25-7-6-23(8-9-44-29(49)4-2-1-3-5-30(50)51)24(16-25)21-48(31-45-18-28(19-46-31)47-10-12-52-13-11-47)20-22-14-26(33(38,39)40)17-27(15-22)34(41,42)43/h6-7,14-19H,1-5,8-13,20-21H2,(H,44,49)(H,50,51). The van der Waals surface area contributed by atoms with Crippen LogP contribution in [0.3, 0.4) is 0 Å². The number of amides is 1. The summed E-state index contributed by atoms with van der Waals surface area (Å²) in [6.07, 6.45) is -10.8. The van der Waals surface area contributed by atoms with Crippen molar-refractivity contribution in [3.8, 4) is 0 Å². The van der Waals surface area contributed by atoms with Gasteiger partial charge in [0, 0.05) is 45.6 Å². The number of carbonyl (C=O) groups excluding carboxylic acids is 1. The van der Waals surface area contributed by atoms with Crippen LogP contribution in [0.2, 0.25) is 0 Å². The summed E-state index contributed by atoms with van der Waals surface area (Å²) in [5.74, 6) is -1.47. The molecule has 4 rings (SSSR count). The van der Waals surface area contributed by atoms with E-state index in [1.165, 1.54) is 23.4 Å². The predicted octanol–water partition coefficient (Wildman–Crippen LogP) is 7.27. The van der Waals surface area contributed by atoms with Gasteiger partial charge in [-0.1, -0.05) is 12.5 Å². The van der Waals surface area contributed by atoms with Gasteiger partial charge in [-0.3, -0.25) is 9.59 Å². The van der Waals surface area contributed by atoms with Crippen LogP contribution in [0, 0.1) is 0 Å². The number of carbonyl (C=O) groups is 2. The topological polar surface area (TPSA) is 108 Å². The highest BCUT2D eigenvalue weighted by atomic mass is 19.4. The van der Waals surface area contributed by atoms with Gasteiger partial charge in [0.05, 0.1) is 48.0 Å². The zero-order chi connectivity index (χ0) is 38.1. The monoisotopic (exact) mass is 749 g/mol. The number of rotatable bonds is 15. The molecule has 0 saturated carbocycles. The molecule has 0 atom stereocenters. The number of aromatic nitrogens is 2. The Morgan fingerprint density at radius 3 is 1.94 bits per heavy atom. The van der Waals surface area contributed by atoms with Gasteiger partial charge in [-0.15, -0.1) is 0 Å². The average molecular weight is 750 g/mol. The van der Waals surface area contributed by atoms with E-state index < -0.39 is 59.8 Å². The maximum absolute atomic E-state index is 13.9. The van der Waals surface area contributed by atoms with Crippen molar-refractivity contribution in [2.24, 2.45) is 0 Å². The first-order valence-corrected chi connectivity index (χ1v) is 16.3. The fourth-order valence-electron chi connectivity index (χ4n) is 5.55. The van der Waals surface area contributed by atoms with Gasteiger partial charge >= 0.3 is 24.5 Å². The minimum absolute atomic E-state index is 0.000357. The number of carboxylic acid groups (broad SMARTS) is 1. The van der Waals surface area contributed by atoms with E-state index in [0.29, 0.717) is 68.9 Å². The fraction of sp³-hybridized carbons (Fsp3) is 0.471. The first-order chi connectivity index (χ1) is 24.4. The molecule has 1 fully saturated rings. The molecule has 2 heterocycles. The number of halogens is 9. The van der Waals surface area contributed by atoms with E-state index in [0.717, 1.165) is 12.1 Å². The Balaban J connectivity index is 1.65. The summed E-state index contributed by atoms with van der Waals surface area (Å²) in [6.45, 7) is 0.771. The summed E-state index contributed by atoms with van der Waals surface area (Å²) in [4.78, 5) is 34.7. The van der Waals surface area contributed by atoms with Crippen LogP contribution in [0.15, 0.2) is 48.8 Å². The van der Waals surface area contributed by atoms with Crippen molar-refractivity contribution in [3.05, 3.63) is 82.2 Å². The van der Waals surface area contributed by atoms with Crippen molar-refractivity contribution in [2.75, 3.05) is 42.6 Å². The number of hydrogen-bond acceptors (Lipinski definition) is 7. The van der Waals surface area contributed by atoms with Gasteiger partial charge in [0.15, 0.2) is 0 Å². The molecule has 2 N–H and O–H groups in total. The molecule has 18 heteroatoms. The van der Waals surface area contributed by atoms with Crippen LogP contribution >= 0.6 is 0 Å². The van der Waals surface area contributed by atoms with Gasteiger partial charge in [0.2, 0.25) is 11.9 Å². The van der Waals surface area contributed by atoms with E-state index in [1.807, 2.05) is 4.90 Å². The molecular weight excluding hydrogens is 713 g/mol. The Labute approximate surface area is 292 Å². The number of benzene rings is 2. The summed E-state index contributed by atoms with van der Waals surface area (Å²) in [7, 11) is 0. The van der Waals surface area contributed by atoms with E-state index in [9.17, 15) is 49.1 Å². The van der Waals surface area contributed by atoms with Crippen molar-refractivity contribution >= 4 is 23.5 Å². The molecule has 1 aliphatic heterocycles. The number of aliphatic carboxylic acids is 1. The minimum Gasteiger partial charge on any atom is -0.481 e. The number of ether oxygens (including phenoxy) is 1. The lowest BCUT2D eigenvalue weighted by Crippen LogP contribution is -2.36. The van der Waals surface area contributed by atoms with Crippen molar-refractivity contribution < 1.29 is 58.9 Å². The molecule has 1 amide bonds. The van der Waals surface area contributed by atoms with Crippen LogP contribution in [0.1, 0.15) is 65.5 Å². The van der Waals surface area contributed by atoms with E-state index >= 15 is 0 Å². The highest BCUT2D eigenvalue weighted by molar-refractivity contribution is 5.75. The van der Waals surface area contributed by atoms with E-state index in [4.69, 9.17) is 9.84 Å². The zero-order valence-electron chi connectivity index (χ0n) is 27.7. The maximum atomic E-state index is 13.9. The van der Waals surface area contributed by atoms with Gasteiger partial charge in [0.1, 0.15) is 0 Å². The van der Waals surface area contributed by atoms with Crippen molar-refractivity contribution in [1.82, 2.24) is 15.3 Å². The Morgan fingerprint density at radius 2 is 1.37 bits per heavy atom. The molecule has 1 saturated heterocycles. The van der Waals surface area contributed by atoms with Crippen molar-refractivity contribution in [1.29, 1.82) is 0 Å². The number of carboxylic acids is 1. The van der Waals surface area contributed by atoms with Gasteiger partial charge < -0.3 is 25.0 Å². The first kappa shape index (κ1) is 40.2. The SMILES string of the molecule is O=C(O)CCCCCC(=O)NCCc1ccc(C(F)(F)F)cc1CN(Cc1cc(C(F)(F)F)cc(C(F)(F)F)c1)c1ncc(N2CCOCC2)cn1. The van der Waals surface area contributed by atoms with Gasteiger partial charge in [-0.05, 0) is 66.3 Å². The van der Waals surface area contributed by atoms with Crippen LogP contribution in [0.4, 0.5) is 51.1 Å². The lowest BCUT2D eigenvalue weighted by molar-refractivity contribution is -0.143. The molecule has 2 aromatic carbocycles. The molecule has 1 aromatic heterocycles. The molecule has 9 nitrogen and oxygen atoms in total. The number of hydrogen-bond donors (Lipinski definition) is 2. The highest BCUT2D eigenvalue weighted by Crippen LogP contribution is 2.37. The molecule has 1 aliphatic rings. The Morgan fingerprint density at radius 1 is 0.769 bits per heavy atom. The largest absolute Gasteiger partial charge is 0.481 e. The second kappa shape index (κ2) is 17.3. The van der Waals surface area contributed by atoms with Crippen LogP contribution in [-0.4, -0.2) is 59.8 Å². The number of morpholine rings is 1. The second-order valence-corrected chi connectivity index (χ2v) is 12.1. The fourth-order valence-corrected chi connectivity index (χ4v) is 5.55. The van der Waals surface area contributed by atoms with Crippen molar-refractivity contribution in [2.45, 2.75) is 70.1 Å². The molecule has 0 unspecified atom stereocenters. The normalized spacial score (nSPS) is 14.0. The smallest absolute Gasteiger partial charge is 0.416 e. The Hall–Kier alpha value is -4.61. The number of anilines is 2. The van der Waals surface area contributed by atoms with Crippen LogP contribution in [0.25, 0.3) is 0 Å². The van der Waals surface area contributed by atoms with E-state index in [-0.39, 0.29) is 49.3 Å². The van der Waals surface area contributed by atoms with Crippen LogP contribution < -0.4 is 15.1 Å². The number of alkyl halides is 9. The lowest BCUT2D eigenvalue weighted by atomic mass is 9.99. The molecule has 0 spiro atoms. The average Bonchev–Trinajstić information content (AvgIpc) is 3.07. The second-order valence-electron chi connectivity index (χ2n) is 12.1. The van der Waals surface area contributed by atoms with Gasteiger partial charge in [0.25, 0.3) is 0 Å². The minimum atomic E-state index is -5.13. The summed E-state index contributed by atoms with van der Waals surface area (Å²) in [5.41, 5.74) is -3.68. The third kappa shape index (κ3) is 12.0. The molecular formula is C34H36F9N5O4. The molecule has 284 valence electrons. The quantitative estimate of drug-likeness (QED) is 0.124. The number of unbranched alkanes of at least 4 members (excludes halogenated alkanes) is 2. The molecule has 0 bridgehead atoms. The van der Waals surface area contributed by atoms with Gasteiger partial charge in [-0.2, -0.15) is 39.5 Å². The predicted molar refractivity (Wildman–Crippen MR) is 170 cm³/mol. The summed E-state index contributed by atoms with van der Waals surface area (Å²) in [6, 6.07) is 3.92. The molecule has 52 heavy (non-hydrogen) atoms. The lowest BCUT2D eigenvalue weighted by Gasteiger charge is -2.29. The maximum Gasteiger partial charge on any atom is 0.416 e. The third-order valence-corrected chi connectivity index (χ3v) is 8.21. The number of nitrogens with one attached hydrogen (secondary N) is 1. The first-order valence-electron chi connectivity index (χ1n) is 16.3. The molecule has 0 aliphatic carbocycles. The van der Waals surface area contributed by atoms with E-state index in [2.05, 4.69) is 15.3 Å². The van der Waals surface area contributed by atoms with Crippen molar-refractivity contribution in [3.63, 3.8) is 0 Å². The Kier molecular flexibility index (Phi) is 13.3. The van der Waals surface area contributed by atoms with Crippen LogP contribution in [-0.2, 0) is 52.4 Å². The van der Waals surface area contributed by atoms with Crippen LogP contribution in [0.5, 0.6) is 0 Å². The van der Waals surface area contributed by atoms with Gasteiger partial charge in [-0.25, -0.2) is 9.97 Å². The molecule has 0 radical (unpaired) electrons. The Bertz CT molecular complexity index is 1630.